The molecule has 1 aromatic rings. The van der Waals surface area contributed by atoms with Crippen molar-refractivity contribution in [3.05, 3.63) is 28.8 Å². The summed E-state index contributed by atoms with van der Waals surface area (Å²) in [4.78, 5) is 23.1. The quantitative estimate of drug-likeness (QED) is 0.788. The molecule has 0 aliphatic heterocycles. The summed E-state index contributed by atoms with van der Waals surface area (Å²) >= 11 is 5.82. The van der Waals surface area contributed by atoms with Crippen molar-refractivity contribution >= 4 is 29.1 Å². The van der Waals surface area contributed by atoms with Crippen LogP contribution in [0.15, 0.2) is 18.2 Å². The molecule has 1 aromatic carbocycles. The Kier molecular flexibility index (Phi) is 4.55. The Morgan fingerprint density at radius 1 is 1.32 bits per heavy atom. The average molecular weight is 284 g/mol. The predicted octanol–water partition coefficient (Wildman–Crippen LogP) is 1.75. The molecular weight excluding hydrogens is 266 g/mol. The summed E-state index contributed by atoms with van der Waals surface area (Å²) in [5.74, 6) is -0.980. The third-order valence-corrected chi connectivity index (χ3v) is 3.04. The zero-order valence-electron chi connectivity index (χ0n) is 11.2. The van der Waals surface area contributed by atoms with E-state index in [0.29, 0.717) is 5.69 Å². The number of anilines is 1. The van der Waals surface area contributed by atoms with E-state index in [1.54, 1.807) is 6.07 Å². The van der Waals surface area contributed by atoms with Gasteiger partial charge in [-0.05, 0) is 23.6 Å². The minimum atomic E-state index is -0.666. The van der Waals surface area contributed by atoms with Crippen LogP contribution in [0.1, 0.15) is 31.1 Å². The Bertz CT molecular complexity index is 509. The van der Waals surface area contributed by atoms with Gasteiger partial charge >= 0.3 is 0 Å². The lowest BCUT2D eigenvalue weighted by molar-refractivity contribution is -0.119. The van der Waals surface area contributed by atoms with Gasteiger partial charge in [-0.3, -0.25) is 9.59 Å². The van der Waals surface area contributed by atoms with Crippen molar-refractivity contribution in [1.82, 2.24) is 0 Å². The number of nitrogens with two attached hydrogens (primary N) is 2. The molecule has 0 heterocycles. The van der Waals surface area contributed by atoms with E-state index in [1.807, 2.05) is 20.8 Å². The van der Waals surface area contributed by atoms with Crippen molar-refractivity contribution < 1.29 is 9.59 Å². The first-order valence-corrected chi connectivity index (χ1v) is 6.16. The lowest BCUT2D eigenvalue weighted by atomic mass is 9.87. The highest BCUT2D eigenvalue weighted by Gasteiger charge is 2.27. The molecule has 2 amide bonds. The van der Waals surface area contributed by atoms with Gasteiger partial charge in [0, 0.05) is 5.69 Å². The van der Waals surface area contributed by atoms with Crippen LogP contribution in [0, 0.1) is 5.41 Å². The Morgan fingerprint density at radius 3 is 2.37 bits per heavy atom. The van der Waals surface area contributed by atoms with Crippen molar-refractivity contribution in [1.29, 1.82) is 0 Å². The second-order valence-electron chi connectivity index (χ2n) is 5.39. The van der Waals surface area contributed by atoms with Crippen molar-refractivity contribution in [2.24, 2.45) is 16.9 Å². The van der Waals surface area contributed by atoms with Crippen LogP contribution in [0.4, 0.5) is 5.69 Å². The van der Waals surface area contributed by atoms with Crippen LogP contribution in [0.25, 0.3) is 0 Å². The van der Waals surface area contributed by atoms with Crippen LogP contribution >= 0.6 is 11.6 Å². The van der Waals surface area contributed by atoms with Gasteiger partial charge in [-0.2, -0.15) is 0 Å². The lowest BCUT2D eigenvalue weighted by Gasteiger charge is -2.25. The Morgan fingerprint density at radius 2 is 1.89 bits per heavy atom. The van der Waals surface area contributed by atoms with E-state index in [1.165, 1.54) is 12.1 Å². The smallest absolute Gasteiger partial charge is 0.250 e. The number of carbonyl (C=O) groups is 2. The molecule has 19 heavy (non-hydrogen) atoms. The lowest BCUT2D eigenvalue weighted by Crippen LogP contribution is -2.45. The third-order valence-electron chi connectivity index (χ3n) is 2.71. The molecule has 0 fully saturated rings. The van der Waals surface area contributed by atoms with E-state index in [0.717, 1.165) is 0 Å². The molecule has 6 heteroatoms. The summed E-state index contributed by atoms with van der Waals surface area (Å²) in [7, 11) is 0. The Labute approximate surface area is 117 Å². The highest BCUT2D eigenvalue weighted by Crippen LogP contribution is 2.22. The first-order valence-electron chi connectivity index (χ1n) is 5.78. The van der Waals surface area contributed by atoms with Crippen LogP contribution in [0.2, 0.25) is 5.02 Å². The molecule has 104 valence electrons. The van der Waals surface area contributed by atoms with Crippen LogP contribution in [-0.2, 0) is 4.79 Å². The maximum atomic E-state index is 11.9. The minimum absolute atomic E-state index is 0.156. The normalized spacial score (nSPS) is 12.9. The molecule has 0 radical (unpaired) electrons. The van der Waals surface area contributed by atoms with E-state index in [2.05, 4.69) is 5.32 Å². The van der Waals surface area contributed by atoms with Gasteiger partial charge < -0.3 is 16.8 Å². The molecule has 0 bridgehead atoms. The highest BCUT2D eigenvalue weighted by atomic mass is 35.5. The molecule has 0 aliphatic carbocycles. The predicted molar refractivity (Wildman–Crippen MR) is 76.0 cm³/mol. The molecule has 0 saturated carbocycles. The van der Waals surface area contributed by atoms with Gasteiger partial charge in [0.15, 0.2) is 0 Å². The van der Waals surface area contributed by atoms with Crippen molar-refractivity contribution in [3.63, 3.8) is 0 Å². The molecule has 0 aliphatic rings. The summed E-state index contributed by atoms with van der Waals surface area (Å²) in [6.45, 7) is 5.61. The maximum Gasteiger partial charge on any atom is 0.250 e. The monoisotopic (exact) mass is 283 g/mol. The second-order valence-corrected chi connectivity index (χ2v) is 5.80. The number of halogens is 1. The summed E-state index contributed by atoms with van der Waals surface area (Å²) in [5.41, 5.74) is 11.3. The molecule has 0 spiro atoms. The van der Waals surface area contributed by atoms with Gasteiger partial charge in [0.2, 0.25) is 11.8 Å². The molecule has 0 saturated heterocycles. The fraction of sp³-hybridized carbons (Fsp3) is 0.385. The number of benzene rings is 1. The van der Waals surface area contributed by atoms with Gasteiger partial charge in [-0.25, -0.2) is 0 Å². The fourth-order valence-corrected chi connectivity index (χ4v) is 1.62. The Hall–Kier alpha value is -1.59. The molecule has 1 rings (SSSR count). The highest BCUT2D eigenvalue weighted by molar-refractivity contribution is 6.34. The third kappa shape index (κ3) is 3.94. The van der Waals surface area contributed by atoms with Gasteiger partial charge in [0.1, 0.15) is 0 Å². The molecule has 5 nitrogen and oxygen atoms in total. The van der Waals surface area contributed by atoms with E-state index < -0.39 is 11.9 Å². The van der Waals surface area contributed by atoms with Gasteiger partial charge in [0.05, 0.1) is 16.6 Å². The molecule has 0 unspecified atom stereocenters. The number of hydrogen-bond donors (Lipinski definition) is 3. The largest absolute Gasteiger partial charge is 0.366 e. The van der Waals surface area contributed by atoms with E-state index in [-0.39, 0.29) is 21.9 Å². The first kappa shape index (κ1) is 15.5. The fourth-order valence-electron chi connectivity index (χ4n) is 1.41. The average Bonchev–Trinajstić information content (AvgIpc) is 2.29. The van der Waals surface area contributed by atoms with Crippen LogP contribution in [0.3, 0.4) is 0 Å². The summed E-state index contributed by atoms with van der Waals surface area (Å²) in [6.07, 6.45) is 0. The number of amides is 2. The van der Waals surface area contributed by atoms with E-state index >= 15 is 0 Å². The first-order chi connectivity index (χ1) is 8.62. The van der Waals surface area contributed by atoms with Gasteiger partial charge in [0.25, 0.3) is 0 Å². The van der Waals surface area contributed by atoms with Crippen LogP contribution < -0.4 is 16.8 Å². The standard InChI is InChI=1S/C13H18ClN3O2/c1-13(2,3)10(15)12(19)17-7-4-5-9(14)8(6-7)11(16)18/h4-6,10H,15H2,1-3H3,(H2,16,18)(H,17,19)/t10-/m0/s1. The summed E-state index contributed by atoms with van der Waals surface area (Å²) in [6, 6.07) is 3.85. The molecular formula is C13H18ClN3O2. The van der Waals surface area contributed by atoms with Crippen molar-refractivity contribution in [3.8, 4) is 0 Å². The SMILES string of the molecule is CC(C)(C)[C@@H](N)C(=O)Nc1ccc(Cl)c(C(N)=O)c1. The molecule has 1 atom stereocenters. The number of hydrogen-bond acceptors (Lipinski definition) is 3. The van der Waals surface area contributed by atoms with E-state index in [9.17, 15) is 9.59 Å². The van der Waals surface area contributed by atoms with Crippen molar-refractivity contribution in [2.45, 2.75) is 26.8 Å². The van der Waals surface area contributed by atoms with E-state index in [4.69, 9.17) is 23.1 Å². The van der Waals surface area contributed by atoms with Crippen LogP contribution in [-0.4, -0.2) is 17.9 Å². The van der Waals surface area contributed by atoms with Gasteiger partial charge in [-0.15, -0.1) is 0 Å². The zero-order valence-corrected chi connectivity index (χ0v) is 11.9. The van der Waals surface area contributed by atoms with Crippen LogP contribution in [0.5, 0.6) is 0 Å². The second kappa shape index (κ2) is 5.59. The Balaban J connectivity index is 2.92. The van der Waals surface area contributed by atoms with Gasteiger partial charge in [-0.1, -0.05) is 32.4 Å². The summed E-state index contributed by atoms with van der Waals surface area (Å²) in [5, 5.41) is 2.88. The number of primary amides is 1. The maximum absolute atomic E-state index is 11.9. The van der Waals surface area contributed by atoms with Crippen molar-refractivity contribution in [2.75, 3.05) is 5.32 Å². The molecule has 0 aromatic heterocycles. The topological polar surface area (TPSA) is 98.2 Å². The summed E-state index contributed by atoms with van der Waals surface area (Å²) < 4.78 is 0. The number of carbonyl (C=O) groups excluding carboxylic acids is 2. The minimum Gasteiger partial charge on any atom is -0.366 e. The zero-order chi connectivity index (χ0) is 14.8. The number of nitrogens with one attached hydrogen (secondary N) is 1. The number of rotatable bonds is 3. The molecule has 5 N–H and O–H groups in total.